The van der Waals surface area contributed by atoms with Crippen LogP contribution in [0.15, 0.2) is 24.3 Å². The van der Waals surface area contributed by atoms with E-state index in [1.165, 1.54) is 12.1 Å². The van der Waals surface area contributed by atoms with Crippen LogP contribution in [-0.2, 0) is 14.5 Å². The minimum Gasteiger partial charge on any atom is -0.462 e. The van der Waals surface area contributed by atoms with Crippen LogP contribution in [0.1, 0.15) is 47.4 Å². The summed E-state index contributed by atoms with van der Waals surface area (Å²) in [7, 11) is 0. The van der Waals surface area contributed by atoms with Crippen LogP contribution in [0.5, 0.6) is 0 Å². The molecule has 1 aromatic carbocycles. The molecule has 0 amide bonds. The van der Waals surface area contributed by atoms with Crippen LogP contribution in [0.2, 0.25) is 0 Å². The quantitative estimate of drug-likeness (QED) is 0.328. The van der Waals surface area contributed by atoms with Gasteiger partial charge < -0.3 is 4.74 Å². The average molecular weight is 266 g/mol. The van der Waals surface area contributed by atoms with E-state index in [2.05, 4.69) is 4.89 Å². The summed E-state index contributed by atoms with van der Waals surface area (Å²) >= 11 is 0. The highest BCUT2D eigenvalue weighted by Gasteiger charge is 2.19. The van der Waals surface area contributed by atoms with E-state index in [0.717, 1.165) is 12.8 Å². The lowest BCUT2D eigenvalue weighted by Crippen LogP contribution is -2.14. The van der Waals surface area contributed by atoms with Gasteiger partial charge in [-0.25, -0.2) is 9.59 Å². The summed E-state index contributed by atoms with van der Waals surface area (Å²) in [5.41, 5.74) is 0.311. The zero-order valence-electron chi connectivity index (χ0n) is 11.2. The zero-order valence-corrected chi connectivity index (χ0v) is 11.2. The summed E-state index contributed by atoms with van der Waals surface area (Å²) in [5.74, 6) is -1.25. The number of unbranched alkanes of at least 4 members (excludes halogenated alkanes) is 1. The Labute approximate surface area is 112 Å². The first-order valence-electron chi connectivity index (χ1n) is 6.30. The molecule has 0 N–H and O–H groups in total. The molecule has 5 heteroatoms. The Morgan fingerprint density at radius 3 is 2.26 bits per heavy atom. The molecule has 1 aromatic rings. The number of carbonyl (C=O) groups is 2. The van der Waals surface area contributed by atoms with E-state index in [0.29, 0.717) is 6.61 Å². The minimum atomic E-state index is -0.695. The minimum absolute atomic E-state index is 0.137. The first kappa shape index (κ1) is 15.2. The monoisotopic (exact) mass is 266 g/mol. The molecule has 0 spiro atoms. The lowest BCUT2D eigenvalue weighted by molar-refractivity contribution is -0.241. The smallest absolute Gasteiger partial charge is 0.373 e. The van der Waals surface area contributed by atoms with E-state index in [9.17, 15) is 9.59 Å². The molecule has 0 aliphatic rings. The Bertz CT molecular complexity index is 428. The van der Waals surface area contributed by atoms with Crippen LogP contribution in [-0.4, -0.2) is 25.2 Å². The Kier molecular flexibility index (Phi) is 6.60. The van der Waals surface area contributed by atoms with Gasteiger partial charge in [0.2, 0.25) is 0 Å². The van der Waals surface area contributed by atoms with Crippen molar-refractivity contribution in [3.8, 4) is 0 Å². The molecule has 0 fully saturated rings. The Balaban J connectivity index is 2.71. The largest absolute Gasteiger partial charge is 0.462 e. The van der Waals surface area contributed by atoms with Crippen LogP contribution in [0, 0.1) is 0 Å². The van der Waals surface area contributed by atoms with Crippen molar-refractivity contribution in [2.75, 3.05) is 13.2 Å². The third kappa shape index (κ3) is 4.71. The maximum atomic E-state index is 11.8. The number of ether oxygens (including phenoxy) is 1. The van der Waals surface area contributed by atoms with Gasteiger partial charge >= 0.3 is 11.9 Å². The van der Waals surface area contributed by atoms with E-state index < -0.39 is 11.9 Å². The van der Waals surface area contributed by atoms with Crippen LogP contribution in [0.3, 0.4) is 0 Å². The van der Waals surface area contributed by atoms with Crippen molar-refractivity contribution in [1.29, 1.82) is 0 Å². The summed E-state index contributed by atoms with van der Waals surface area (Å²) in [5, 5.41) is 0. The van der Waals surface area contributed by atoms with E-state index in [1.54, 1.807) is 19.1 Å². The SMILES string of the molecule is CCCCOOC(=O)c1ccccc1C(=O)OCC. The first-order valence-corrected chi connectivity index (χ1v) is 6.30. The third-order valence-electron chi connectivity index (χ3n) is 2.36. The van der Waals surface area contributed by atoms with Crippen molar-refractivity contribution in [2.45, 2.75) is 26.7 Å². The van der Waals surface area contributed by atoms with Crippen molar-refractivity contribution in [3.05, 3.63) is 35.4 Å². The molecule has 104 valence electrons. The Morgan fingerprint density at radius 1 is 1.05 bits per heavy atom. The fraction of sp³-hybridized carbons (Fsp3) is 0.429. The maximum absolute atomic E-state index is 11.8. The third-order valence-corrected chi connectivity index (χ3v) is 2.36. The second kappa shape index (κ2) is 8.26. The molecule has 0 atom stereocenters. The topological polar surface area (TPSA) is 61.8 Å². The Morgan fingerprint density at radius 2 is 1.68 bits per heavy atom. The highest BCUT2D eigenvalue weighted by Crippen LogP contribution is 2.12. The van der Waals surface area contributed by atoms with Crippen molar-refractivity contribution >= 4 is 11.9 Å². The lowest BCUT2D eigenvalue weighted by Gasteiger charge is -2.07. The number of rotatable bonds is 7. The van der Waals surface area contributed by atoms with Crippen molar-refractivity contribution < 1.29 is 24.1 Å². The Hall–Kier alpha value is -1.88. The van der Waals surface area contributed by atoms with Gasteiger partial charge in [-0.15, -0.1) is 0 Å². The fourth-order valence-corrected chi connectivity index (χ4v) is 1.39. The molecule has 0 saturated carbocycles. The maximum Gasteiger partial charge on any atom is 0.373 e. The van der Waals surface area contributed by atoms with Crippen LogP contribution < -0.4 is 0 Å². The zero-order chi connectivity index (χ0) is 14.1. The van der Waals surface area contributed by atoms with E-state index in [4.69, 9.17) is 9.62 Å². The predicted octanol–water partition coefficient (Wildman–Crippen LogP) is 2.75. The van der Waals surface area contributed by atoms with Crippen LogP contribution in [0.25, 0.3) is 0 Å². The molecular weight excluding hydrogens is 248 g/mol. The van der Waals surface area contributed by atoms with Crippen molar-refractivity contribution in [1.82, 2.24) is 0 Å². The number of carbonyl (C=O) groups excluding carboxylic acids is 2. The van der Waals surface area contributed by atoms with Gasteiger partial charge in [0.05, 0.1) is 24.3 Å². The molecule has 0 aliphatic carbocycles. The van der Waals surface area contributed by atoms with Gasteiger partial charge in [-0.2, -0.15) is 4.89 Å². The summed E-state index contributed by atoms with van der Waals surface area (Å²) in [4.78, 5) is 32.9. The average Bonchev–Trinajstić information content (AvgIpc) is 2.43. The fourth-order valence-electron chi connectivity index (χ4n) is 1.39. The highest BCUT2D eigenvalue weighted by atomic mass is 17.2. The summed E-state index contributed by atoms with van der Waals surface area (Å²) < 4.78 is 4.87. The molecule has 0 saturated heterocycles. The molecule has 1 rings (SSSR count). The second-order valence-corrected chi connectivity index (χ2v) is 3.81. The molecule has 0 aromatic heterocycles. The van der Waals surface area contributed by atoms with Gasteiger partial charge in [0.25, 0.3) is 0 Å². The normalized spacial score (nSPS) is 10.0. The molecule has 19 heavy (non-hydrogen) atoms. The molecule has 0 radical (unpaired) electrons. The first-order chi connectivity index (χ1) is 9.20. The highest BCUT2D eigenvalue weighted by molar-refractivity contribution is 6.02. The summed E-state index contributed by atoms with van der Waals surface area (Å²) in [6.45, 7) is 4.28. The van der Waals surface area contributed by atoms with Gasteiger partial charge in [-0.1, -0.05) is 25.5 Å². The number of hydrogen-bond acceptors (Lipinski definition) is 5. The molecule has 0 unspecified atom stereocenters. The number of esters is 1. The standard InChI is InChI=1S/C14H18O5/c1-3-5-10-18-19-14(16)12-9-7-6-8-11(12)13(15)17-4-2/h6-9H,3-5,10H2,1-2H3. The van der Waals surface area contributed by atoms with Gasteiger partial charge in [0.15, 0.2) is 0 Å². The van der Waals surface area contributed by atoms with Crippen molar-refractivity contribution in [2.24, 2.45) is 0 Å². The van der Waals surface area contributed by atoms with Gasteiger partial charge in [0.1, 0.15) is 0 Å². The van der Waals surface area contributed by atoms with Crippen molar-refractivity contribution in [3.63, 3.8) is 0 Å². The molecule has 0 bridgehead atoms. The van der Waals surface area contributed by atoms with Gasteiger partial charge in [-0.05, 0) is 25.5 Å². The van der Waals surface area contributed by atoms with E-state index >= 15 is 0 Å². The molecule has 0 aliphatic heterocycles. The molecular formula is C14H18O5. The van der Waals surface area contributed by atoms with Gasteiger partial charge in [0, 0.05) is 0 Å². The molecule has 0 heterocycles. The molecule has 5 nitrogen and oxygen atoms in total. The lowest BCUT2D eigenvalue weighted by atomic mass is 10.1. The summed E-state index contributed by atoms with van der Waals surface area (Å²) in [6.07, 6.45) is 1.74. The van der Waals surface area contributed by atoms with E-state index in [-0.39, 0.29) is 17.7 Å². The van der Waals surface area contributed by atoms with Crippen LogP contribution >= 0.6 is 0 Å². The predicted molar refractivity (Wildman–Crippen MR) is 68.7 cm³/mol. The van der Waals surface area contributed by atoms with Gasteiger partial charge in [-0.3, -0.25) is 4.89 Å². The number of benzene rings is 1. The summed E-state index contributed by atoms with van der Waals surface area (Å²) in [6, 6.07) is 6.31. The second-order valence-electron chi connectivity index (χ2n) is 3.81. The van der Waals surface area contributed by atoms with E-state index in [1.807, 2.05) is 6.92 Å². The van der Waals surface area contributed by atoms with Crippen LogP contribution in [0.4, 0.5) is 0 Å². The number of hydrogen-bond donors (Lipinski definition) is 0.